The smallest absolute Gasteiger partial charge is 0.265 e. The fourth-order valence-electron chi connectivity index (χ4n) is 1.73. The highest BCUT2D eigenvalue weighted by atomic mass is 19.1. The first-order valence-electron chi connectivity index (χ1n) is 6.35. The normalized spacial score (nSPS) is 11.8. The maximum Gasteiger partial charge on any atom is 0.265 e. The van der Waals surface area contributed by atoms with Crippen LogP contribution in [-0.4, -0.2) is 12.0 Å². The van der Waals surface area contributed by atoms with Crippen LogP contribution in [0.2, 0.25) is 0 Å². The quantitative estimate of drug-likeness (QED) is 0.925. The van der Waals surface area contributed by atoms with Gasteiger partial charge in [0.15, 0.2) is 6.10 Å². The van der Waals surface area contributed by atoms with Gasteiger partial charge in [-0.25, -0.2) is 4.39 Å². The molecule has 0 radical (unpaired) electrons. The molecule has 104 valence electrons. The van der Waals surface area contributed by atoms with Gasteiger partial charge in [-0.15, -0.1) is 0 Å². The molecule has 2 aromatic rings. The number of ether oxygens (including phenoxy) is 1. The number of amides is 1. The molecular weight excluding hydrogens is 257 g/mol. The highest BCUT2D eigenvalue weighted by molar-refractivity contribution is 5.94. The number of aryl methyl sites for hydroxylation is 1. The fraction of sp³-hybridized carbons (Fsp3) is 0.188. The number of halogens is 1. The second-order valence-electron chi connectivity index (χ2n) is 4.55. The molecule has 0 aromatic heterocycles. The van der Waals surface area contributed by atoms with E-state index in [9.17, 15) is 9.18 Å². The van der Waals surface area contributed by atoms with Crippen molar-refractivity contribution >= 4 is 11.6 Å². The molecule has 1 amide bonds. The van der Waals surface area contributed by atoms with Gasteiger partial charge in [0.25, 0.3) is 5.91 Å². The van der Waals surface area contributed by atoms with E-state index in [1.807, 2.05) is 25.1 Å². The van der Waals surface area contributed by atoms with Gasteiger partial charge in [0.1, 0.15) is 11.6 Å². The van der Waals surface area contributed by atoms with Gasteiger partial charge >= 0.3 is 0 Å². The summed E-state index contributed by atoms with van der Waals surface area (Å²) in [6.07, 6.45) is -0.711. The van der Waals surface area contributed by atoms with Crippen LogP contribution in [0.25, 0.3) is 0 Å². The van der Waals surface area contributed by atoms with Crippen LogP contribution < -0.4 is 10.1 Å². The molecule has 0 spiro atoms. The molecule has 0 aliphatic rings. The third kappa shape index (κ3) is 3.57. The number of rotatable bonds is 4. The number of carbonyl (C=O) groups is 1. The lowest BCUT2D eigenvalue weighted by Crippen LogP contribution is -2.30. The SMILES string of the molecule is Cc1ccc(F)c(NC(=O)C(C)Oc2ccccc2)c1. The minimum absolute atomic E-state index is 0.165. The van der Waals surface area contributed by atoms with Crippen molar-refractivity contribution in [2.75, 3.05) is 5.32 Å². The van der Waals surface area contributed by atoms with Crippen molar-refractivity contribution < 1.29 is 13.9 Å². The third-order valence-corrected chi connectivity index (χ3v) is 2.81. The van der Waals surface area contributed by atoms with E-state index >= 15 is 0 Å². The van der Waals surface area contributed by atoms with Gasteiger partial charge in [0.05, 0.1) is 5.69 Å². The van der Waals surface area contributed by atoms with Crippen LogP contribution >= 0.6 is 0 Å². The average molecular weight is 273 g/mol. The van der Waals surface area contributed by atoms with Crippen LogP contribution in [0.3, 0.4) is 0 Å². The van der Waals surface area contributed by atoms with Crippen molar-refractivity contribution in [3.8, 4) is 5.75 Å². The number of anilines is 1. The Balaban J connectivity index is 2.02. The number of hydrogen-bond acceptors (Lipinski definition) is 2. The van der Waals surface area contributed by atoms with Gasteiger partial charge < -0.3 is 10.1 Å². The van der Waals surface area contributed by atoms with E-state index in [1.165, 1.54) is 6.07 Å². The minimum Gasteiger partial charge on any atom is -0.481 e. The molecule has 2 rings (SSSR count). The number of nitrogens with one attached hydrogen (secondary N) is 1. The third-order valence-electron chi connectivity index (χ3n) is 2.81. The highest BCUT2D eigenvalue weighted by Crippen LogP contribution is 2.17. The molecule has 0 aliphatic heterocycles. The molecule has 20 heavy (non-hydrogen) atoms. The predicted molar refractivity (Wildman–Crippen MR) is 76.3 cm³/mol. The van der Waals surface area contributed by atoms with Crippen molar-refractivity contribution in [1.82, 2.24) is 0 Å². The maximum atomic E-state index is 13.6. The van der Waals surface area contributed by atoms with Crippen LogP contribution in [0, 0.1) is 12.7 Å². The van der Waals surface area contributed by atoms with Gasteiger partial charge in [-0.3, -0.25) is 4.79 Å². The van der Waals surface area contributed by atoms with Crippen molar-refractivity contribution in [3.05, 3.63) is 59.9 Å². The second-order valence-corrected chi connectivity index (χ2v) is 4.55. The summed E-state index contributed by atoms with van der Waals surface area (Å²) in [6, 6.07) is 13.6. The van der Waals surface area contributed by atoms with E-state index in [4.69, 9.17) is 4.74 Å². The summed E-state index contributed by atoms with van der Waals surface area (Å²) in [5.41, 5.74) is 1.04. The Bertz CT molecular complexity index is 599. The Labute approximate surface area is 117 Å². The summed E-state index contributed by atoms with van der Waals surface area (Å²) in [6.45, 7) is 3.45. The summed E-state index contributed by atoms with van der Waals surface area (Å²) in [5, 5.41) is 2.53. The second kappa shape index (κ2) is 6.19. The van der Waals surface area contributed by atoms with Gasteiger partial charge in [0, 0.05) is 0 Å². The topological polar surface area (TPSA) is 38.3 Å². The fourth-order valence-corrected chi connectivity index (χ4v) is 1.73. The van der Waals surface area contributed by atoms with E-state index < -0.39 is 17.8 Å². The molecule has 1 unspecified atom stereocenters. The Morgan fingerprint density at radius 2 is 1.90 bits per heavy atom. The Morgan fingerprint density at radius 1 is 1.20 bits per heavy atom. The van der Waals surface area contributed by atoms with Crippen LogP contribution in [0.5, 0.6) is 5.75 Å². The summed E-state index contributed by atoms with van der Waals surface area (Å²) in [4.78, 5) is 12.0. The molecule has 3 nitrogen and oxygen atoms in total. The number of carbonyl (C=O) groups excluding carboxylic acids is 1. The number of para-hydroxylation sites is 1. The van der Waals surface area contributed by atoms with Crippen LogP contribution in [0.4, 0.5) is 10.1 Å². The average Bonchev–Trinajstić information content (AvgIpc) is 2.44. The van der Waals surface area contributed by atoms with Crippen LogP contribution in [0.1, 0.15) is 12.5 Å². The maximum absolute atomic E-state index is 13.6. The van der Waals surface area contributed by atoms with Gasteiger partial charge in [-0.05, 0) is 43.7 Å². The van der Waals surface area contributed by atoms with E-state index in [2.05, 4.69) is 5.32 Å². The van der Waals surface area contributed by atoms with Gasteiger partial charge in [0.2, 0.25) is 0 Å². The summed E-state index contributed by atoms with van der Waals surface area (Å²) >= 11 is 0. The minimum atomic E-state index is -0.711. The molecular formula is C16H16FNO2. The van der Waals surface area contributed by atoms with E-state index in [-0.39, 0.29) is 5.69 Å². The standard InChI is InChI=1S/C16H16FNO2/c1-11-8-9-14(17)15(10-11)18-16(19)12(2)20-13-6-4-3-5-7-13/h3-10,12H,1-2H3,(H,18,19). The van der Waals surface area contributed by atoms with Gasteiger partial charge in [-0.2, -0.15) is 0 Å². The van der Waals surface area contributed by atoms with Crippen molar-refractivity contribution in [3.63, 3.8) is 0 Å². The van der Waals surface area contributed by atoms with Crippen LogP contribution in [0.15, 0.2) is 48.5 Å². The molecule has 0 saturated heterocycles. The molecule has 4 heteroatoms. The largest absolute Gasteiger partial charge is 0.481 e. The Kier molecular flexibility index (Phi) is 4.35. The molecule has 2 aromatic carbocycles. The van der Waals surface area contributed by atoms with E-state index in [1.54, 1.807) is 31.2 Å². The van der Waals surface area contributed by atoms with Crippen molar-refractivity contribution in [2.45, 2.75) is 20.0 Å². The van der Waals surface area contributed by atoms with E-state index in [0.29, 0.717) is 5.75 Å². The lowest BCUT2D eigenvalue weighted by Gasteiger charge is -2.15. The molecule has 0 aliphatic carbocycles. The van der Waals surface area contributed by atoms with E-state index in [0.717, 1.165) is 5.56 Å². The molecule has 0 bridgehead atoms. The van der Waals surface area contributed by atoms with Gasteiger partial charge in [-0.1, -0.05) is 24.3 Å². The first kappa shape index (κ1) is 14.1. The Morgan fingerprint density at radius 3 is 2.60 bits per heavy atom. The molecule has 0 heterocycles. The summed E-state index contributed by atoms with van der Waals surface area (Å²) in [5.74, 6) is -0.255. The summed E-state index contributed by atoms with van der Waals surface area (Å²) in [7, 11) is 0. The molecule has 0 saturated carbocycles. The molecule has 1 N–H and O–H groups in total. The van der Waals surface area contributed by atoms with Crippen LogP contribution in [-0.2, 0) is 4.79 Å². The lowest BCUT2D eigenvalue weighted by atomic mass is 10.2. The highest BCUT2D eigenvalue weighted by Gasteiger charge is 2.16. The first-order chi connectivity index (χ1) is 9.56. The zero-order valence-electron chi connectivity index (χ0n) is 11.4. The lowest BCUT2D eigenvalue weighted by molar-refractivity contribution is -0.122. The number of hydrogen-bond donors (Lipinski definition) is 1. The first-order valence-corrected chi connectivity index (χ1v) is 6.35. The monoisotopic (exact) mass is 273 g/mol. The molecule has 1 atom stereocenters. The van der Waals surface area contributed by atoms with Crippen molar-refractivity contribution in [2.24, 2.45) is 0 Å². The zero-order valence-corrected chi connectivity index (χ0v) is 11.4. The number of benzene rings is 2. The Hall–Kier alpha value is -2.36. The molecule has 0 fully saturated rings. The van der Waals surface area contributed by atoms with Crippen molar-refractivity contribution in [1.29, 1.82) is 0 Å². The zero-order chi connectivity index (χ0) is 14.5. The summed E-state index contributed by atoms with van der Waals surface area (Å²) < 4.78 is 19.0. The predicted octanol–water partition coefficient (Wildman–Crippen LogP) is 3.54.